The highest BCUT2D eigenvalue weighted by Gasteiger charge is 2.20. The first-order chi connectivity index (χ1) is 15.8. The van der Waals surface area contributed by atoms with Gasteiger partial charge in [-0.25, -0.2) is 13.1 Å². The summed E-state index contributed by atoms with van der Waals surface area (Å²) in [6, 6.07) is 20.3. The van der Waals surface area contributed by atoms with Crippen molar-refractivity contribution in [1.29, 1.82) is 0 Å². The van der Waals surface area contributed by atoms with E-state index < -0.39 is 16.1 Å². The average molecular weight is 489 g/mol. The van der Waals surface area contributed by atoms with E-state index in [1.54, 1.807) is 14.0 Å². The van der Waals surface area contributed by atoms with Crippen LogP contribution in [-0.4, -0.2) is 28.0 Å². The third-order valence-corrected chi connectivity index (χ3v) is 6.69. The Morgan fingerprint density at radius 1 is 1.03 bits per heavy atom. The van der Waals surface area contributed by atoms with Crippen LogP contribution in [0.25, 0.3) is 0 Å². The first kappa shape index (κ1) is 24.6. The van der Waals surface area contributed by atoms with E-state index in [4.69, 9.17) is 21.1 Å². The molecule has 0 aliphatic carbocycles. The van der Waals surface area contributed by atoms with E-state index in [0.717, 1.165) is 16.9 Å². The summed E-state index contributed by atoms with van der Waals surface area (Å²) >= 11 is 6.21. The normalized spacial score (nSPS) is 12.1. The molecule has 1 atom stereocenters. The Balaban J connectivity index is 1.55. The third kappa shape index (κ3) is 6.95. The molecule has 33 heavy (non-hydrogen) atoms. The van der Waals surface area contributed by atoms with Gasteiger partial charge in [0, 0.05) is 12.6 Å². The topological polar surface area (TPSA) is 93.7 Å². The summed E-state index contributed by atoms with van der Waals surface area (Å²) in [7, 11) is -2.21. The lowest BCUT2D eigenvalue weighted by Gasteiger charge is -2.15. The Morgan fingerprint density at radius 3 is 2.36 bits per heavy atom. The summed E-state index contributed by atoms with van der Waals surface area (Å²) in [4.78, 5) is 12.1. The largest absolute Gasteiger partial charge is 0.497 e. The summed E-state index contributed by atoms with van der Waals surface area (Å²) in [5, 5.41) is 2.84. The molecule has 0 fully saturated rings. The monoisotopic (exact) mass is 488 g/mol. The van der Waals surface area contributed by atoms with Crippen molar-refractivity contribution in [3.05, 3.63) is 88.9 Å². The second-order valence-electron chi connectivity index (χ2n) is 7.26. The molecule has 2 N–H and O–H groups in total. The molecule has 0 unspecified atom stereocenters. The van der Waals surface area contributed by atoms with E-state index >= 15 is 0 Å². The van der Waals surface area contributed by atoms with Gasteiger partial charge in [0.25, 0.3) is 5.91 Å². The number of hydrogen-bond donors (Lipinski definition) is 2. The summed E-state index contributed by atoms with van der Waals surface area (Å²) in [5.41, 5.74) is 1.75. The molecule has 0 saturated carbocycles. The number of amides is 1. The number of carbonyl (C=O) groups excluding carboxylic acids is 1. The maximum atomic E-state index is 12.7. The highest BCUT2D eigenvalue weighted by Crippen LogP contribution is 2.28. The number of carbonyl (C=O) groups is 1. The Hall–Kier alpha value is -3.07. The van der Waals surface area contributed by atoms with E-state index in [1.165, 1.54) is 18.2 Å². The fourth-order valence-corrected chi connectivity index (χ4v) is 4.57. The van der Waals surface area contributed by atoms with Crippen molar-refractivity contribution in [3.8, 4) is 11.5 Å². The van der Waals surface area contributed by atoms with Crippen LogP contribution in [0.5, 0.6) is 11.5 Å². The van der Waals surface area contributed by atoms with Crippen LogP contribution in [0.15, 0.2) is 77.7 Å². The van der Waals surface area contributed by atoms with Crippen molar-refractivity contribution >= 4 is 27.5 Å². The van der Waals surface area contributed by atoms with Crippen LogP contribution in [0.3, 0.4) is 0 Å². The Morgan fingerprint density at radius 2 is 1.73 bits per heavy atom. The van der Waals surface area contributed by atoms with Crippen molar-refractivity contribution in [2.75, 3.05) is 13.7 Å². The van der Waals surface area contributed by atoms with Crippen LogP contribution in [0.4, 0.5) is 0 Å². The van der Waals surface area contributed by atoms with Crippen molar-refractivity contribution in [2.24, 2.45) is 0 Å². The van der Waals surface area contributed by atoms with Crippen molar-refractivity contribution < 1.29 is 22.7 Å². The number of hydrogen-bond acceptors (Lipinski definition) is 5. The van der Waals surface area contributed by atoms with E-state index in [1.807, 2.05) is 54.6 Å². The molecule has 0 saturated heterocycles. The molecule has 1 amide bonds. The summed E-state index contributed by atoms with van der Waals surface area (Å²) in [6.45, 7) is 1.84. The fraction of sp³-hybridized carbons (Fsp3) is 0.208. The number of benzene rings is 3. The van der Waals surface area contributed by atoms with Crippen LogP contribution < -0.4 is 19.5 Å². The SMILES string of the molecule is COc1ccc(CNC(=O)COc2ccc(S(=O)(=O)N[C@H](C)c3ccccc3)cc2Cl)cc1. The van der Waals surface area contributed by atoms with E-state index in [9.17, 15) is 13.2 Å². The first-order valence-corrected chi connectivity index (χ1v) is 12.0. The molecule has 3 rings (SSSR count). The maximum Gasteiger partial charge on any atom is 0.258 e. The number of methoxy groups -OCH3 is 1. The molecule has 9 heteroatoms. The molecular formula is C24H25ClN2O5S. The zero-order chi connectivity index (χ0) is 23.8. The van der Waals surface area contributed by atoms with E-state index in [0.29, 0.717) is 6.54 Å². The van der Waals surface area contributed by atoms with Crippen LogP contribution in [0.2, 0.25) is 5.02 Å². The van der Waals surface area contributed by atoms with Gasteiger partial charge in [-0.15, -0.1) is 0 Å². The highest BCUT2D eigenvalue weighted by molar-refractivity contribution is 7.89. The predicted molar refractivity (Wildman–Crippen MR) is 127 cm³/mol. The summed E-state index contributed by atoms with van der Waals surface area (Å²) in [6.07, 6.45) is 0. The second kappa shape index (κ2) is 11.2. The molecular weight excluding hydrogens is 464 g/mol. The third-order valence-electron chi connectivity index (χ3n) is 4.85. The van der Waals surface area contributed by atoms with Gasteiger partial charge in [-0.3, -0.25) is 4.79 Å². The Bertz CT molecular complexity index is 1190. The Kier molecular flexibility index (Phi) is 8.32. The molecule has 0 bridgehead atoms. The Labute approximate surface area is 198 Å². The van der Waals surface area contributed by atoms with Gasteiger partial charge in [0.1, 0.15) is 11.5 Å². The standard InChI is InChI=1S/C24H25ClN2O5S/c1-17(19-6-4-3-5-7-19)27-33(29,30)21-12-13-23(22(25)14-21)32-16-24(28)26-15-18-8-10-20(31-2)11-9-18/h3-14,17,27H,15-16H2,1-2H3,(H,26,28)/t17-/m1/s1. The van der Waals surface area contributed by atoms with Gasteiger partial charge < -0.3 is 14.8 Å². The maximum absolute atomic E-state index is 12.7. The minimum absolute atomic E-state index is 0.00610. The van der Waals surface area contributed by atoms with Gasteiger partial charge in [-0.2, -0.15) is 0 Å². The van der Waals surface area contributed by atoms with Gasteiger partial charge in [0.2, 0.25) is 10.0 Å². The number of rotatable bonds is 10. The van der Waals surface area contributed by atoms with Crippen LogP contribution in [-0.2, 0) is 21.4 Å². The molecule has 0 radical (unpaired) electrons. The highest BCUT2D eigenvalue weighted by atomic mass is 35.5. The van der Waals surface area contributed by atoms with Gasteiger partial charge in [0.05, 0.1) is 17.0 Å². The molecule has 174 valence electrons. The number of nitrogens with one attached hydrogen (secondary N) is 2. The average Bonchev–Trinajstić information content (AvgIpc) is 2.82. The van der Waals surface area contributed by atoms with Gasteiger partial charge in [0.15, 0.2) is 6.61 Å². The fourth-order valence-electron chi connectivity index (χ4n) is 3.01. The zero-order valence-corrected chi connectivity index (χ0v) is 19.8. The summed E-state index contributed by atoms with van der Waals surface area (Å²) in [5.74, 6) is 0.612. The lowest BCUT2D eigenvalue weighted by Crippen LogP contribution is -2.28. The number of halogens is 1. The van der Waals surface area contributed by atoms with Crippen molar-refractivity contribution in [1.82, 2.24) is 10.0 Å². The van der Waals surface area contributed by atoms with Crippen LogP contribution in [0.1, 0.15) is 24.1 Å². The van der Waals surface area contributed by atoms with Crippen LogP contribution in [0, 0.1) is 0 Å². The van der Waals surface area contributed by atoms with Crippen LogP contribution >= 0.6 is 11.6 Å². The van der Waals surface area contributed by atoms with Gasteiger partial charge in [-0.1, -0.05) is 54.1 Å². The molecule has 3 aromatic rings. The molecule has 0 spiro atoms. The van der Waals surface area contributed by atoms with Crippen molar-refractivity contribution in [2.45, 2.75) is 24.4 Å². The van der Waals surface area contributed by atoms with Crippen molar-refractivity contribution in [3.63, 3.8) is 0 Å². The van der Waals surface area contributed by atoms with Gasteiger partial charge in [-0.05, 0) is 48.4 Å². The molecule has 3 aromatic carbocycles. The second-order valence-corrected chi connectivity index (χ2v) is 9.38. The smallest absolute Gasteiger partial charge is 0.258 e. The lowest BCUT2D eigenvalue weighted by molar-refractivity contribution is -0.123. The van der Waals surface area contributed by atoms with E-state index in [-0.39, 0.29) is 28.2 Å². The number of ether oxygens (including phenoxy) is 2. The van der Waals surface area contributed by atoms with Gasteiger partial charge >= 0.3 is 0 Å². The molecule has 0 aliphatic rings. The minimum atomic E-state index is -3.80. The number of sulfonamides is 1. The van der Waals surface area contributed by atoms with E-state index in [2.05, 4.69) is 10.0 Å². The zero-order valence-electron chi connectivity index (χ0n) is 18.2. The molecule has 7 nitrogen and oxygen atoms in total. The summed E-state index contributed by atoms with van der Waals surface area (Å²) < 4.78 is 38.6. The lowest BCUT2D eigenvalue weighted by atomic mass is 10.1. The molecule has 0 aliphatic heterocycles. The quantitative estimate of drug-likeness (QED) is 0.448. The minimum Gasteiger partial charge on any atom is -0.497 e. The predicted octanol–water partition coefficient (Wildman–Crippen LogP) is 4.08. The molecule has 0 heterocycles. The first-order valence-electron chi connectivity index (χ1n) is 10.2. The molecule has 0 aromatic heterocycles.